The Kier molecular flexibility index (Phi) is 4.07. The number of aliphatic hydroxyl groups excluding tert-OH is 1. The third kappa shape index (κ3) is 2.54. The lowest BCUT2D eigenvalue weighted by atomic mass is 9.98. The molecule has 0 aliphatic carbocycles. The van der Waals surface area contributed by atoms with E-state index in [1.807, 2.05) is 4.98 Å². The number of aromatic amines is 1. The second-order valence-electron chi connectivity index (χ2n) is 4.80. The van der Waals surface area contributed by atoms with Gasteiger partial charge < -0.3 is 14.6 Å². The van der Waals surface area contributed by atoms with Gasteiger partial charge in [0, 0.05) is 18.9 Å². The SMILES string of the molecule is CCOC[C@H]1O[C@@H](n2ccc(=O)[nH]c2=O)[C@](C)(F)[C@@H]1O. The topological polar surface area (TPSA) is 93.5 Å². The van der Waals surface area contributed by atoms with Gasteiger partial charge in [-0.1, -0.05) is 0 Å². The first-order chi connectivity index (χ1) is 9.37. The molecule has 0 amide bonds. The van der Waals surface area contributed by atoms with E-state index in [4.69, 9.17) is 9.47 Å². The number of rotatable bonds is 4. The summed E-state index contributed by atoms with van der Waals surface area (Å²) in [6.07, 6.45) is -2.50. The molecule has 0 bridgehead atoms. The van der Waals surface area contributed by atoms with E-state index in [0.29, 0.717) is 6.61 Å². The Balaban J connectivity index is 2.32. The van der Waals surface area contributed by atoms with Gasteiger partial charge in [-0.05, 0) is 13.8 Å². The maximum atomic E-state index is 14.6. The molecule has 20 heavy (non-hydrogen) atoms. The molecular formula is C12H17FN2O5. The molecule has 1 aromatic rings. The average molecular weight is 288 g/mol. The molecular weight excluding hydrogens is 271 g/mol. The molecule has 1 aliphatic heterocycles. The monoisotopic (exact) mass is 288 g/mol. The zero-order valence-corrected chi connectivity index (χ0v) is 11.2. The van der Waals surface area contributed by atoms with Crippen LogP contribution in [0.5, 0.6) is 0 Å². The molecule has 0 radical (unpaired) electrons. The molecule has 4 atom stereocenters. The van der Waals surface area contributed by atoms with Gasteiger partial charge in [0.05, 0.1) is 6.61 Å². The predicted octanol–water partition coefficient (Wildman–Crippen LogP) is -0.440. The standard InChI is InChI=1S/C12H17FN2O5/c1-3-19-6-7-9(17)12(2,13)10(20-7)15-5-4-8(16)14-11(15)18/h4-5,7,9-10,17H,3,6H2,1-2H3,(H,14,16,18)/t7-,9-,10-,12-/m1/s1. The van der Waals surface area contributed by atoms with Crippen LogP contribution in [0.4, 0.5) is 4.39 Å². The average Bonchev–Trinajstić information content (AvgIpc) is 2.60. The lowest BCUT2D eigenvalue weighted by Gasteiger charge is -2.24. The Morgan fingerprint density at radius 2 is 2.30 bits per heavy atom. The first-order valence-electron chi connectivity index (χ1n) is 6.29. The van der Waals surface area contributed by atoms with Crippen molar-refractivity contribution in [3.05, 3.63) is 33.1 Å². The molecule has 1 aromatic heterocycles. The summed E-state index contributed by atoms with van der Waals surface area (Å²) in [5.74, 6) is 0. The van der Waals surface area contributed by atoms with Gasteiger partial charge in [0.1, 0.15) is 12.2 Å². The van der Waals surface area contributed by atoms with Crippen molar-refractivity contribution in [3.8, 4) is 0 Å². The van der Waals surface area contributed by atoms with Gasteiger partial charge in [-0.3, -0.25) is 14.3 Å². The van der Waals surface area contributed by atoms with Crippen molar-refractivity contribution in [3.63, 3.8) is 0 Å². The van der Waals surface area contributed by atoms with E-state index < -0.39 is 35.4 Å². The molecule has 112 valence electrons. The highest BCUT2D eigenvalue weighted by Gasteiger charge is 2.55. The number of ether oxygens (including phenoxy) is 2. The van der Waals surface area contributed by atoms with E-state index in [0.717, 1.165) is 23.8 Å². The Hall–Kier alpha value is -1.51. The van der Waals surface area contributed by atoms with Crippen LogP contribution >= 0.6 is 0 Å². The molecule has 2 N–H and O–H groups in total. The molecule has 0 unspecified atom stereocenters. The summed E-state index contributed by atoms with van der Waals surface area (Å²) in [4.78, 5) is 24.7. The van der Waals surface area contributed by atoms with Gasteiger partial charge in [-0.25, -0.2) is 9.18 Å². The van der Waals surface area contributed by atoms with Crippen LogP contribution in [-0.2, 0) is 9.47 Å². The molecule has 0 aromatic carbocycles. The molecule has 1 aliphatic rings. The van der Waals surface area contributed by atoms with Crippen LogP contribution in [0.25, 0.3) is 0 Å². The van der Waals surface area contributed by atoms with Crippen LogP contribution in [0.1, 0.15) is 20.1 Å². The maximum Gasteiger partial charge on any atom is 0.330 e. The van der Waals surface area contributed by atoms with E-state index in [9.17, 15) is 19.1 Å². The molecule has 1 fully saturated rings. The number of aliphatic hydroxyl groups is 1. The third-order valence-corrected chi connectivity index (χ3v) is 3.31. The molecule has 0 saturated carbocycles. The lowest BCUT2D eigenvalue weighted by molar-refractivity contribution is -0.0705. The highest BCUT2D eigenvalue weighted by molar-refractivity contribution is 5.01. The zero-order chi connectivity index (χ0) is 14.9. The van der Waals surface area contributed by atoms with Gasteiger partial charge in [0.15, 0.2) is 11.9 Å². The minimum Gasteiger partial charge on any atom is -0.387 e. The third-order valence-electron chi connectivity index (χ3n) is 3.31. The number of H-pyrrole nitrogens is 1. The number of halogens is 1. The minimum absolute atomic E-state index is 0.0196. The van der Waals surface area contributed by atoms with Crippen molar-refractivity contribution >= 4 is 0 Å². The summed E-state index contributed by atoms with van der Waals surface area (Å²) in [5, 5.41) is 9.95. The van der Waals surface area contributed by atoms with Crippen molar-refractivity contribution in [1.29, 1.82) is 0 Å². The Morgan fingerprint density at radius 1 is 1.60 bits per heavy atom. The maximum absolute atomic E-state index is 14.6. The highest BCUT2D eigenvalue weighted by atomic mass is 19.1. The highest BCUT2D eigenvalue weighted by Crippen LogP contribution is 2.40. The van der Waals surface area contributed by atoms with Crippen molar-refractivity contribution in [2.45, 2.75) is 38.0 Å². The minimum atomic E-state index is -2.18. The van der Waals surface area contributed by atoms with Gasteiger partial charge in [-0.2, -0.15) is 0 Å². The van der Waals surface area contributed by atoms with Gasteiger partial charge in [0.25, 0.3) is 5.56 Å². The van der Waals surface area contributed by atoms with Crippen LogP contribution in [0.2, 0.25) is 0 Å². The Bertz CT molecular complexity index is 582. The first-order valence-corrected chi connectivity index (χ1v) is 6.29. The van der Waals surface area contributed by atoms with E-state index in [2.05, 4.69) is 0 Å². The predicted molar refractivity (Wildman–Crippen MR) is 67.2 cm³/mol. The van der Waals surface area contributed by atoms with Crippen LogP contribution in [0, 0.1) is 0 Å². The van der Waals surface area contributed by atoms with Gasteiger partial charge >= 0.3 is 5.69 Å². The zero-order valence-electron chi connectivity index (χ0n) is 11.2. The lowest BCUT2D eigenvalue weighted by Crippen LogP contribution is -2.43. The number of hydrogen-bond acceptors (Lipinski definition) is 5. The summed E-state index contributed by atoms with van der Waals surface area (Å²) in [6.45, 7) is 3.33. The second kappa shape index (κ2) is 5.47. The van der Waals surface area contributed by atoms with Crippen molar-refractivity contribution in [2.75, 3.05) is 13.2 Å². The summed E-state index contributed by atoms with van der Waals surface area (Å²) < 4.78 is 26.1. The molecule has 7 nitrogen and oxygen atoms in total. The molecule has 8 heteroatoms. The Morgan fingerprint density at radius 3 is 2.90 bits per heavy atom. The van der Waals surface area contributed by atoms with E-state index in [1.54, 1.807) is 6.92 Å². The van der Waals surface area contributed by atoms with E-state index in [-0.39, 0.29) is 6.61 Å². The van der Waals surface area contributed by atoms with Crippen molar-refractivity contribution < 1.29 is 19.0 Å². The van der Waals surface area contributed by atoms with Crippen molar-refractivity contribution in [2.24, 2.45) is 0 Å². The summed E-state index contributed by atoms with van der Waals surface area (Å²) in [5.41, 5.74) is -3.56. The van der Waals surface area contributed by atoms with Gasteiger partial charge in [0.2, 0.25) is 0 Å². The number of alkyl halides is 1. The van der Waals surface area contributed by atoms with Crippen LogP contribution < -0.4 is 11.2 Å². The number of nitrogens with zero attached hydrogens (tertiary/aromatic N) is 1. The van der Waals surface area contributed by atoms with Crippen LogP contribution in [0.15, 0.2) is 21.9 Å². The smallest absolute Gasteiger partial charge is 0.330 e. The summed E-state index contributed by atoms with van der Waals surface area (Å²) in [7, 11) is 0. The first kappa shape index (κ1) is 14.9. The molecule has 0 spiro atoms. The number of hydrogen-bond donors (Lipinski definition) is 2. The van der Waals surface area contributed by atoms with Gasteiger partial charge in [-0.15, -0.1) is 0 Å². The second-order valence-corrected chi connectivity index (χ2v) is 4.80. The largest absolute Gasteiger partial charge is 0.387 e. The fourth-order valence-electron chi connectivity index (χ4n) is 2.20. The van der Waals surface area contributed by atoms with E-state index in [1.165, 1.54) is 0 Å². The fourth-order valence-corrected chi connectivity index (χ4v) is 2.20. The molecule has 1 saturated heterocycles. The quantitative estimate of drug-likeness (QED) is 0.783. The Labute approximate surface area is 114 Å². The number of aromatic nitrogens is 2. The summed E-state index contributed by atoms with van der Waals surface area (Å²) >= 11 is 0. The molecule has 2 heterocycles. The normalized spacial score (nSPS) is 33.5. The summed E-state index contributed by atoms with van der Waals surface area (Å²) in [6, 6.07) is 1.09. The van der Waals surface area contributed by atoms with Crippen LogP contribution in [-0.4, -0.2) is 45.7 Å². The van der Waals surface area contributed by atoms with E-state index >= 15 is 0 Å². The number of nitrogens with one attached hydrogen (secondary N) is 1. The fraction of sp³-hybridized carbons (Fsp3) is 0.667. The molecule has 2 rings (SSSR count). The van der Waals surface area contributed by atoms with Crippen LogP contribution in [0.3, 0.4) is 0 Å². The van der Waals surface area contributed by atoms with Crippen molar-refractivity contribution in [1.82, 2.24) is 9.55 Å².